The second-order valence-electron chi connectivity index (χ2n) is 5.46. The fourth-order valence-corrected chi connectivity index (χ4v) is 3.40. The first-order valence-corrected chi connectivity index (χ1v) is 9.45. The number of fused-ring (bicyclic) bond motifs is 1. The summed E-state index contributed by atoms with van der Waals surface area (Å²) in [6.07, 6.45) is 2.98. The molecule has 0 fully saturated rings. The summed E-state index contributed by atoms with van der Waals surface area (Å²) < 4.78 is 36.7. The van der Waals surface area contributed by atoms with Crippen LogP contribution in [-0.2, 0) is 14.8 Å². The summed E-state index contributed by atoms with van der Waals surface area (Å²) in [7, 11) is -3.48. The van der Waals surface area contributed by atoms with Gasteiger partial charge in [0.2, 0.25) is 22.7 Å². The van der Waals surface area contributed by atoms with Gasteiger partial charge in [0.25, 0.3) is 0 Å². The zero-order chi connectivity index (χ0) is 18.6. The van der Waals surface area contributed by atoms with Crippen LogP contribution in [0.15, 0.2) is 53.4 Å². The van der Waals surface area contributed by atoms with Gasteiger partial charge in [-0.05, 0) is 35.9 Å². The van der Waals surface area contributed by atoms with Crippen molar-refractivity contribution < 1.29 is 22.7 Å². The number of carbonyl (C=O) groups excluding carboxylic acids is 1. The van der Waals surface area contributed by atoms with Gasteiger partial charge in [-0.1, -0.05) is 19.1 Å². The Balaban J connectivity index is 1.63. The minimum absolute atomic E-state index is 0.173. The molecule has 0 aliphatic carbocycles. The molecule has 0 atom stereocenters. The minimum Gasteiger partial charge on any atom is -0.454 e. The molecule has 1 aliphatic rings. The number of benzene rings is 2. The number of hydrogen-bond acceptors (Lipinski definition) is 5. The van der Waals surface area contributed by atoms with E-state index in [-0.39, 0.29) is 17.6 Å². The quantitative estimate of drug-likeness (QED) is 0.757. The smallest absolute Gasteiger partial charge is 0.248 e. The van der Waals surface area contributed by atoms with E-state index >= 15 is 0 Å². The third-order valence-electron chi connectivity index (χ3n) is 3.59. The van der Waals surface area contributed by atoms with Crippen LogP contribution < -0.4 is 19.5 Å². The van der Waals surface area contributed by atoms with Crippen molar-refractivity contribution in [3.63, 3.8) is 0 Å². The molecule has 2 aromatic rings. The number of nitrogens with one attached hydrogen (secondary N) is 2. The van der Waals surface area contributed by atoms with Crippen LogP contribution in [0.5, 0.6) is 11.5 Å². The van der Waals surface area contributed by atoms with Crippen molar-refractivity contribution in [1.82, 2.24) is 4.72 Å². The van der Waals surface area contributed by atoms with E-state index in [1.807, 2.05) is 0 Å². The van der Waals surface area contributed by atoms with Crippen LogP contribution in [0.2, 0.25) is 0 Å². The summed E-state index contributed by atoms with van der Waals surface area (Å²) in [5.41, 5.74) is 1.30. The van der Waals surface area contributed by atoms with E-state index in [0.717, 1.165) is 0 Å². The Bertz CT molecular complexity index is 937. The number of hydrogen-bond donors (Lipinski definition) is 2. The molecule has 2 aromatic carbocycles. The Hall–Kier alpha value is -2.84. The van der Waals surface area contributed by atoms with Gasteiger partial charge in [0.05, 0.1) is 4.90 Å². The van der Waals surface area contributed by atoms with Crippen LogP contribution in [0.4, 0.5) is 5.69 Å². The molecule has 0 saturated carbocycles. The molecule has 1 amide bonds. The van der Waals surface area contributed by atoms with Crippen LogP contribution in [0, 0.1) is 0 Å². The highest BCUT2D eigenvalue weighted by Crippen LogP contribution is 2.34. The van der Waals surface area contributed by atoms with E-state index in [1.165, 1.54) is 18.2 Å². The fourth-order valence-electron chi connectivity index (χ4n) is 2.36. The van der Waals surface area contributed by atoms with Gasteiger partial charge in [-0.2, -0.15) is 0 Å². The lowest BCUT2D eigenvalue weighted by molar-refractivity contribution is -0.111. The molecule has 136 valence electrons. The molecule has 1 aliphatic heterocycles. The van der Waals surface area contributed by atoms with Crippen LogP contribution in [0.3, 0.4) is 0 Å². The predicted octanol–water partition coefficient (Wildman–Crippen LogP) is 2.37. The third-order valence-corrected chi connectivity index (χ3v) is 5.15. The van der Waals surface area contributed by atoms with Gasteiger partial charge in [-0.15, -0.1) is 0 Å². The molecule has 0 radical (unpaired) electrons. The predicted molar refractivity (Wildman–Crippen MR) is 97.5 cm³/mol. The van der Waals surface area contributed by atoms with Crippen LogP contribution >= 0.6 is 0 Å². The zero-order valence-corrected chi connectivity index (χ0v) is 14.9. The Kier molecular flexibility index (Phi) is 5.24. The largest absolute Gasteiger partial charge is 0.454 e. The summed E-state index contributed by atoms with van der Waals surface area (Å²) in [4.78, 5) is 12.2. The van der Waals surface area contributed by atoms with Crippen molar-refractivity contribution in [2.24, 2.45) is 0 Å². The summed E-state index contributed by atoms with van der Waals surface area (Å²) in [5, 5.41) is 2.73. The van der Waals surface area contributed by atoms with Gasteiger partial charge < -0.3 is 14.8 Å². The van der Waals surface area contributed by atoms with E-state index in [4.69, 9.17) is 9.47 Å². The SMILES string of the molecule is CCNS(=O)(=O)c1ccc(C=CC(=O)Nc2ccc3c(c2)OCO3)cc1. The maximum atomic E-state index is 12.0. The number of rotatable bonds is 6. The Labute approximate surface area is 151 Å². The van der Waals surface area contributed by atoms with Gasteiger partial charge in [-0.3, -0.25) is 4.79 Å². The normalized spacial score (nSPS) is 13.1. The lowest BCUT2D eigenvalue weighted by atomic mass is 10.2. The Morgan fingerprint density at radius 3 is 2.58 bits per heavy atom. The number of amides is 1. The van der Waals surface area contributed by atoms with Crippen molar-refractivity contribution in [2.75, 3.05) is 18.7 Å². The highest BCUT2D eigenvalue weighted by atomic mass is 32.2. The summed E-state index contributed by atoms with van der Waals surface area (Å²) >= 11 is 0. The molecule has 8 heteroatoms. The van der Waals surface area contributed by atoms with E-state index < -0.39 is 10.0 Å². The van der Waals surface area contributed by atoms with Gasteiger partial charge in [0, 0.05) is 24.4 Å². The van der Waals surface area contributed by atoms with Gasteiger partial charge >= 0.3 is 0 Å². The second-order valence-corrected chi connectivity index (χ2v) is 7.23. The Morgan fingerprint density at radius 1 is 1.12 bits per heavy atom. The van der Waals surface area contributed by atoms with Crippen molar-refractivity contribution >= 4 is 27.7 Å². The summed E-state index contributed by atoms with van der Waals surface area (Å²) in [6, 6.07) is 11.4. The first-order chi connectivity index (χ1) is 12.5. The molecule has 0 saturated heterocycles. The maximum Gasteiger partial charge on any atom is 0.248 e. The molecule has 0 aromatic heterocycles. The molecule has 0 spiro atoms. The van der Waals surface area contributed by atoms with E-state index in [0.29, 0.717) is 29.3 Å². The zero-order valence-electron chi connectivity index (χ0n) is 14.1. The van der Waals surface area contributed by atoms with E-state index in [9.17, 15) is 13.2 Å². The third kappa shape index (κ3) is 4.22. The van der Waals surface area contributed by atoms with Crippen molar-refractivity contribution in [2.45, 2.75) is 11.8 Å². The van der Waals surface area contributed by atoms with Crippen molar-refractivity contribution in [3.8, 4) is 11.5 Å². The average Bonchev–Trinajstić information content (AvgIpc) is 3.08. The van der Waals surface area contributed by atoms with Gasteiger partial charge in [-0.25, -0.2) is 13.1 Å². The lowest BCUT2D eigenvalue weighted by Crippen LogP contribution is -2.22. The second kappa shape index (κ2) is 7.59. The molecule has 7 nitrogen and oxygen atoms in total. The van der Waals surface area contributed by atoms with Gasteiger partial charge in [0.1, 0.15) is 0 Å². The topological polar surface area (TPSA) is 93.7 Å². The van der Waals surface area contributed by atoms with Crippen LogP contribution in [0.1, 0.15) is 12.5 Å². The molecular formula is C18H18N2O5S. The van der Waals surface area contributed by atoms with E-state index in [2.05, 4.69) is 10.0 Å². The van der Waals surface area contributed by atoms with Crippen LogP contribution in [0.25, 0.3) is 6.08 Å². The molecule has 2 N–H and O–H groups in total. The molecule has 26 heavy (non-hydrogen) atoms. The maximum absolute atomic E-state index is 12.0. The molecule has 1 heterocycles. The van der Waals surface area contributed by atoms with Gasteiger partial charge in [0.15, 0.2) is 11.5 Å². The molecule has 3 rings (SSSR count). The highest BCUT2D eigenvalue weighted by molar-refractivity contribution is 7.89. The first kappa shape index (κ1) is 18.0. The standard InChI is InChI=1S/C18H18N2O5S/c1-2-19-26(22,23)15-7-3-13(4-8-15)5-10-18(21)20-14-6-9-16-17(11-14)25-12-24-16/h3-11,19H,2,12H2,1H3,(H,20,21). The molecular weight excluding hydrogens is 356 g/mol. The minimum atomic E-state index is -3.48. The fraction of sp³-hybridized carbons (Fsp3) is 0.167. The Morgan fingerprint density at radius 2 is 1.85 bits per heavy atom. The average molecular weight is 374 g/mol. The van der Waals surface area contributed by atoms with E-state index in [1.54, 1.807) is 43.3 Å². The lowest BCUT2D eigenvalue weighted by Gasteiger charge is -2.05. The van der Waals surface area contributed by atoms with Crippen molar-refractivity contribution in [3.05, 3.63) is 54.1 Å². The summed E-state index contributed by atoms with van der Waals surface area (Å²) in [5.74, 6) is 0.920. The van der Waals surface area contributed by atoms with Crippen LogP contribution in [-0.4, -0.2) is 27.7 Å². The van der Waals surface area contributed by atoms with Crippen molar-refractivity contribution in [1.29, 1.82) is 0 Å². The number of ether oxygens (including phenoxy) is 2. The molecule has 0 bridgehead atoms. The summed E-state index contributed by atoms with van der Waals surface area (Å²) in [6.45, 7) is 2.21. The number of sulfonamides is 1. The first-order valence-electron chi connectivity index (χ1n) is 7.96. The monoisotopic (exact) mass is 374 g/mol. The number of anilines is 1. The molecule has 0 unspecified atom stereocenters. The number of carbonyl (C=O) groups is 1. The highest BCUT2D eigenvalue weighted by Gasteiger charge is 2.14.